The molecule has 132 valence electrons. The van der Waals surface area contributed by atoms with E-state index in [0.717, 1.165) is 36.7 Å². The number of benzene rings is 1. The van der Waals surface area contributed by atoms with Crippen molar-refractivity contribution in [2.45, 2.75) is 31.7 Å². The van der Waals surface area contributed by atoms with E-state index >= 15 is 0 Å². The summed E-state index contributed by atoms with van der Waals surface area (Å²) in [4.78, 5) is 17.4. The molecule has 0 saturated carbocycles. The van der Waals surface area contributed by atoms with Crippen LogP contribution < -0.4 is 5.32 Å². The fourth-order valence-corrected chi connectivity index (χ4v) is 4.70. The standard InChI is InChI=1S/C18H26ClN3OS/c19-15-6-4-7-16(12-15)20-18(23)22-10-5-11-24-14-17(22)13-21-8-2-1-3-9-21/h4,6-7,12,17H,1-3,5,8-11,13-14H2,(H,20,23). The predicted molar refractivity (Wildman–Crippen MR) is 103 cm³/mol. The SMILES string of the molecule is O=C(Nc1cccc(Cl)c1)N1CCCSCC1CN1CCCCC1. The summed E-state index contributed by atoms with van der Waals surface area (Å²) in [5, 5.41) is 3.66. The van der Waals surface area contributed by atoms with Crippen molar-refractivity contribution in [3.63, 3.8) is 0 Å². The van der Waals surface area contributed by atoms with E-state index in [1.54, 1.807) is 6.07 Å². The average molecular weight is 368 g/mol. The molecular formula is C18H26ClN3OS. The van der Waals surface area contributed by atoms with Crippen molar-refractivity contribution in [1.82, 2.24) is 9.80 Å². The minimum atomic E-state index is 0.00164. The van der Waals surface area contributed by atoms with E-state index < -0.39 is 0 Å². The maximum atomic E-state index is 12.8. The molecule has 2 fully saturated rings. The molecule has 2 aliphatic heterocycles. The Morgan fingerprint density at radius 1 is 1.21 bits per heavy atom. The normalized spacial score (nSPS) is 22.9. The van der Waals surface area contributed by atoms with E-state index in [4.69, 9.17) is 11.6 Å². The highest BCUT2D eigenvalue weighted by Gasteiger charge is 2.28. The Hall–Kier alpha value is -0.910. The monoisotopic (exact) mass is 367 g/mol. The molecular weight excluding hydrogens is 342 g/mol. The fraction of sp³-hybridized carbons (Fsp3) is 0.611. The van der Waals surface area contributed by atoms with Crippen LogP contribution in [0.2, 0.25) is 5.02 Å². The molecule has 1 aromatic rings. The quantitative estimate of drug-likeness (QED) is 0.871. The van der Waals surface area contributed by atoms with E-state index in [1.807, 2.05) is 34.9 Å². The van der Waals surface area contributed by atoms with E-state index in [0.29, 0.717) is 5.02 Å². The molecule has 0 bridgehead atoms. The first-order valence-corrected chi connectivity index (χ1v) is 10.4. The van der Waals surface area contributed by atoms with Crippen LogP contribution in [0.5, 0.6) is 0 Å². The molecule has 2 saturated heterocycles. The number of carbonyl (C=O) groups is 1. The number of amides is 2. The second-order valence-corrected chi connectivity index (χ2v) is 8.16. The van der Waals surface area contributed by atoms with Gasteiger partial charge in [-0.15, -0.1) is 0 Å². The first-order chi connectivity index (χ1) is 11.7. The van der Waals surface area contributed by atoms with Gasteiger partial charge in [0, 0.05) is 29.6 Å². The molecule has 1 unspecified atom stereocenters. The Balaban J connectivity index is 1.65. The van der Waals surface area contributed by atoms with Gasteiger partial charge in [-0.25, -0.2) is 4.79 Å². The lowest BCUT2D eigenvalue weighted by molar-refractivity contribution is 0.151. The smallest absolute Gasteiger partial charge is 0.319 e. The Labute approximate surface area is 153 Å². The summed E-state index contributed by atoms with van der Waals surface area (Å²) in [6, 6.07) is 7.65. The summed E-state index contributed by atoms with van der Waals surface area (Å²) >= 11 is 8.00. The van der Waals surface area contributed by atoms with Crippen LogP contribution in [0.1, 0.15) is 25.7 Å². The van der Waals surface area contributed by atoms with Gasteiger partial charge in [-0.2, -0.15) is 11.8 Å². The van der Waals surface area contributed by atoms with E-state index in [-0.39, 0.29) is 12.1 Å². The third-order valence-corrected chi connectivity index (χ3v) is 6.13. The number of nitrogens with one attached hydrogen (secondary N) is 1. The van der Waals surface area contributed by atoms with Gasteiger partial charge in [0.15, 0.2) is 0 Å². The van der Waals surface area contributed by atoms with Crippen LogP contribution >= 0.6 is 23.4 Å². The highest BCUT2D eigenvalue weighted by Crippen LogP contribution is 2.21. The second-order valence-electron chi connectivity index (χ2n) is 6.58. The van der Waals surface area contributed by atoms with Gasteiger partial charge in [-0.05, 0) is 56.3 Å². The highest BCUT2D eigenvalue weighted by atomic mass is 35.5. The van der Waals surface area contributed by atoms with Crippen LogP contribution in [-0.4, -0.2) is 59.6 Å². The van der Waals surface area contributed by atoms with Gasteiger partial charge in [-0.3, -0.25) is 0 Å². The number of halogens is 1. The number of anilines is 1. The molecule has 2 amide bonds. The van der Waals surface area contributed by atoms with Gasteiger partial charge >= 0.3 is 6.03 Å². The van der Waals surface area contributed by atoms with Crippen molar-refractivity contribution in [3.05, 3.63) is 29.3 Å². The number of carbonyl (C=O) groups excluding carboxylic acids is 1. The molecule has 1 aromatic carbocycles. The molecule has 4 nitrogen and oxygen atoms in total. The molecule has 3 rings (SSSR count). The second kappa shape index (κ2) is 8.97. The van der Waals surface area contributed by atoms with Crippen LogP contribution in [0.25, 0.3) is 0 Å². The molecule has 2 heterocycles. The lowest BCUT2D eigenvalue weighted by atomic mass is 10.1. The molecule has 1 N–H and O–H groups in total. The maximum absolute atomic E-state index is 12.8. The summed E-state index contributed by atoms with van der Waals surface area (Å²) in [6.45, 7) is 4.17. The number of likely N-dealkylation sites (tertiary alicyclic amines) is 1. The van der Waals surface area contributed by atoms with Crippen LogP contribution in [0.3, 0.4) is 0 Å². The Bertz CT molecular complexity index is 551. The van der Waals surface area contributed by atoms with Gasteiger partial charge < -0.3 is 15.1 Å². The minimum absolute atomic E-state index is 0.00164. The zero-order valence-electron chi connectivity index (χ0n) is 14.0. The van der Waals surface area contributed by atoms with E-state index in [1.165, 1.54) is 32.4 Å². The van der Waals surface area contributed by atoms with Gasteiger partial charge in [-0.1, -0.05) is 24.1 Å². The van der Waals surface area contributed by atoms with Crippen LogP contribution in [0.4, 0.5) is 10.5 Å². The number of hydrogen-bond acceptors (Lipinski definition) is 3. The van der Waals surface area contributed by atoms with Crippen molar-refractivity contribution < 1.29 is 4.79 Å². The molecule has 1 atom stereocenters. The van der Waals surface area contributed by atoms with Crippen LogP contribution in [-0.2, 0) is 0 Å². The average Bonchev–Trinajstić information content (AvgIpc) is 2.81. The fourth-order valence-electron chi connectivity index (χ4n) is 3.45. The predicted octanol–water partition coefficient (Wildman–Crippen LogP) is 4.17. The third-order valence-electron chi connectivity index (χ3n) is 4.69. The van der Waals surface area contributed by atoms with E-state index in [9.17, 15) is 4.79 Å². The Kier molecular flexibility index (Phi) is 6.69. The summed E-state index contributed by atoms with van der Waals surface area (Å²) < 4.78 is 0. The van der Waals surface area contributed by atoms with Gasteiger partial charge in [0.25, 0.3) is 0 Å². The van der Waals surface area contributed by atoms with Gasteiger partial charge in [0.1, 0.15) is 0 Å². The van der Waals surface area contributed by atoms with Crippen molar-refractivity contribution in [2.24, 2.45) is 0 Å². The number of urea groups is 1. The molecule has 0 aliphatic carbocycles. The van der Waals surface area contributed by atoms with Gasteiger partial charge in [0.2, 0.25) is 0 Å². The van der Waals surface area contributed by atoms with Crippen molar-refractivity contribution in [1.29, 1.82) is 0 Å². The lowest BCUT2D eigenvalue weighted by Crippen LogP contribution is -2.50. The lowest BCUT2D eigenvalue weighted by Gasteiger charge is -2.35. The topological polar surface area (TPSA) is 35.6 Å². The van der Waals surface area contributed by atoms with Gasteiger partial charge in [0.05, 0.1) is 6.04 Å². The molecule has 0 spiro atoms. The minimum Gasteiger partial charge on any atom is -0.319 e. The number of hydrogen-bond donors (Lipinski definition) is 1. The number of piperidine rings is 1. The van der Waals surface area contributed by atoms with Crippen molar-refractivity contribution >= 4 is 35.1 Å². The largest absolute Gasteiger partial charge is 0.322 e. The Morgan fingerprint density at radius 3 is 2.83 bits per heavy atom. The molecule has 2 aliphatic rings. The van der Waals surface area contributed by atoms with Crippen LogP contribution in [0, 0.1) is 0 Å². The highest BCUT2D eigenvalue weighted by molar-refractivity contribution is 7.99. The summed E-state index contributed by atoms with van der Waals surface area (Å²) in [5.74, 6) is 2.16. The number of rotatable bonds is 3. The summed E-state index contributed by atoms with van der Waals surface area (Å²) in [7, 11) is 0. The zero-order valence-corrected chi connectivity index (χ0v) is 15.6. The first-order valence-electron chi connectivity index (χ1n) is 8.86. The molecule has 6 heteroatoms. The third kappa shape index (κ3) is 5.04. The molecule has 0 aromatic heterocycles. The van der Waals surface area contributed by atoms with Crippen LogP contribution in [0.15, 0.2) is 24.3 Å². The van der Waals surface area contributed by atoms with E-state index in [2.05, 4.69) is 10.2 Å². The molecule has 24 heavy (non-hydrogen) atoms. The summed E-state index contributed by atoms with van der Waals surface area (Å²) in [5.41, 5.74) is 0.765. The van der Waals surface area contributed by atoms with Crippen molar-refractivity contribution in [3.8, 4) is 0 Å². The summed E-state index contributed by atoms with van der Waals surface area (Å²) in [6.07, 6.45) is 4.97. The van der Waals surface area contributed by atoms with Crippen molar-refractivity contribution in [2.75, 3.05) is 43.0 Å². The zero-order chi connectivity index (χ0) is 16.8. The number of nitrogens with zero attached hydrogens (tertiary/aromatic N) is 2. The maximum Gasteiger partial charge on any atom is 0.322 e. The Morgan fingerprint density at radius 2 is 2.04 bits per heavy atom. The number of thioether (sulfide) groups is 1. The molecule has 0 radical (unpaired) electrons. The first kappa shape index (κ1) is 17.9.